The minimum absolute atomic E-state index is 0.137. The van der Waals surface area contributed by atoms with Crippen LogP contribution in [-0.4, -0.2) is 11.1 Å². The number of hydrogen-bond donors (Lipinski definition) is 1. The lowest BCUT2D eigenvalue weighted by Crippen LogP contribution is -2.04. The van der Waals surface area contributed by atoms with Crippen LogP contribution < -0.4 is 4.74 Å². The van der Waals surface area contributed by atoms with Crippen molar-refractivity contribution in [3.05, 3.63) is 70.2 Å². The van der Waals surface area contributed by atoms with Gasteiger partial charge in [-0.3, -0.25) is 0 Å². The molecule has 2 rings (SSSR count). The second-order valence-electron chi connectivity index (χ2n) is 4.50. The van der Waals surface area contributed by atoms with Crippen molar-refractivity contribution in [3.63, 3.8) is 0 Å². The molecule has 0 saturated carbocycles. The van der Waals surface area contributed by atoms with Crippen molar-refractivity contribution >= 4 is 28.0 Å². The summed E-state index contributed by atoms with van der Waals surface area (Å²) >= 11 is 3.45. The summed E-state index contributed by atoms with van der Waals surface area (Å²) < 4.78 is 6.79. The van der Waals surface area contributed by atoms with Gasteiger partial charge in [-0.1, -0.05) is 42.5 Å². The van der Waals surface area contributed by atoms with E-state index in [2.05, 4.69) is 15.9 Å². The number of para-hydroxylation sites is 1. The number of carboxylic acid groups (broad SMARTS) is 1. The van der Waals surface area contributed by atoms with Gasteiger partial charge < -0.3 is 9.84 Å². The average Bonchev–Trinajstić information content (AvgIpc) is 2.48. The fourth-order valence-electron chi connectivity index (χ4n) is 1.91. The van der Waals surface area contributed by atoms with Crippen molar-refractivity contribution in [2.24, 2.45) is 0 Å². The second kappa shape index (κ2) is 7.09. The van der Waals surface area contributed by atoms with Gasteiger partial charge in [-0.2, -0.15) is 0 Å². The highest BCUT2D eigenvalue weighted by Crippen LogP contribution is 2.33. The molecule has 1 N–H and O–H groups in total. The summed E-state index contributed by atoms with van der Waals surface area (Å²) in [4.78, 5) is 10.7. The number of aliphatic carboxylic acids is 1. The topological polar surface area (TPSA) is 46.5 Å². The molecule has 0 saturated heterocycles. The number of hydrogen-bond acceptors (Lipinski definition) is 2. The van der Waals surface area contributed by atoms with E-state index in [-0.39, 0.29) is 6.10 Å². The van der Waals surface area contributed by atoms with Gasteiger partial charge in [0.2, 0.25) is 0 Å². The van der Waals surface area contributed by atoms with Crippen molar-refractivity contribution in [1.29, 1.82) is 0 Å². The van der Waals surface area contributed by atoms with E-state index in [1.807, 2.05) is 55.5 Å². The van der Waals surface area contributed by atoms with Crippen LogP contribution in [0.15, 0.2) is 59.1 Å². The largest absolute Gasteiger partial charge is 0.484 e. The zero-order valence-electron chi connectivity index (χ0n) is 11.5. The first-order valence-electron chi connectivity index (χ1n) is 6.49. The molecule has 108 valence electrons. The molecule has 0 radical (unpaired) electrons. The minimum Gasteiger partial charge on any atom is -0.484 e. The molecule has 1 unspecified atom stereocenters. The van der Waals surface area contributed by atoms with Crippen LogP contribution in [0.1, 0.15) is 24.2 Å². The molecular formula is C17H15BrO3. The van der Waals surface area contributed by atoms with Gasteiger partial charge in [-0.05, 0) is 40.6 Å². The lowest BCUT2D eigenvalue weighted by molar-refractivity contribution is -0.131. The summed E-state index contributed by atoms with van der Waals surface area (Å²) in [5.41, 5.74) is 1.77. The SMILES string of the molecule is CC(Oc1c(Br)cccc1C=CC(=O)O)c1ccccc1. The van der Waals surface area contributed by atoms with Gasteiger partial charge in [0.05, 0.1) is 4.47 Å². The van der Waals surface area contributed by atoms with Crippen LogP contribution in [0.4, 0.5) is 0 Å². The Morgan fingerprint density at radius 3 is 2.57 bits per heavy atom. The van der Waals surface area contributed by atoms with Gasteiger partial charge in [-0.25, -0.2) is 4.79 Å². The lowest BCUT2D eigenvalue weighted by atomic mass is 10.1. The highest BCUT2D eigenvalue weighted by atomic mass is 79.9. The van der Waals surface area contributed by atoms with Crippen LogP contribution in [0.3, 0.4) is 0 Å². The molecule has 3 nitrogen and oxygen atoms in total. The van der Waals surface area contributed by atoms with E-state index in [0.717, 1.165) is 21.7 Å². The van der Waals surface area contributed by atoms with Gasteiger partial charge >= 0.3 is 5.97 Å². The number of halogens is 1. The van der Waals surface area contributed by atoms with Gasteiger partial charge in [0, 0.05) is 11.6 Å². The van der Waals surface area contributed by atoms with Crippen LogP contribution in [0.5, 0.6) is 5.75 Å². The Bertz CT molecular complexity index is 650. The molecule has 0 aliphatic rings. The molecule has 0 aliphatic heterocycles. The van der Waals surface area contributed by atoms with Crippen LogP contribution in [0.2, 0.25) is 0 Å². The van der Waals surface area contributed by atoms with Crippen molar-refractivity contribution in [1.82, 2.24) is 0 Å². The van der Waals surface area contributed by atoms with Gasteiger partial charge in [-0.15, -0.1) is 0 Å². The van der Waals surface area contributed by atoms with Gasteiger partial charge in [0.1, 0.15) is 11.9 Å². The summed E-state index contributed by atoms with van der Waals surface area (Å²) in [6, 6.07) is 15.4. The summed E-state index contributed by atoms with van der Waals surface area (Å²) in [6.07, 6.45) is 2.49. The molecule has 0 fully saturated rings. The first kappa shape index (κ1) is 15.3. The van der Waals surface area contributed by atoms with E-state index in [1.54, 1.807) is 0 Å². The summed E-state index contributed by atoms with van der Waals surface area (Å²) in [5.74, 6) is -0.358. The second-order valence-corrected chi connectivity index (χ2v) is 5.35. The molecule has 4 heteroatoms. The molecule has 0 aliphatic carbocycles. The van der Waals surface area contributed by atoms with Crippen LogP contribution in [0, 0.1) is 0 Å². The molecule has 2 aromatic rings. The van der Waals surface area contributed by atoms with Gasteiger partial charge in [0.25, 0.3) is 0 Å². The number of carbonyl (C=O) groups is 1. The quantitative estimate of drug-likeness (QED) is 0.799. The first-order chi connectivity index (χ1) is 10.1. The van der Waals surface area contributed by atoms with Gasteiger partial charge in [0.15, 0.2) is 0 Å². The normalized spacial score (nSPS) is 12.3. The van der Waals surface area contributed by atoms with E-state index < -0.39 is 5.97 Å². The Balaban J connectivity index is 2.29. The van der Waals surface area contributed by atoms with Crippen molar-refractivity contribution in [2.45, 2.75) is 13.0 Å². The van der Waals surface area contributed by atoms with Crippen LogP contribution in [0.25, 0.3) is 6.08 Å². The predicted octanol–water partition coefficient (Wildman–Crippen LogP) is 4.69. The highest BCUT2D eigenvalue weighted by molar-refractivity contribution is 9.10. The maximum absolute atomic E-state index is 10.7. The minimum atomic E-state index is -0.989. The molecule has 2 aromatic carbocycles. The Morgan fingerprint density at radius 1 is 1.19 bits per heavy atom. The maximum Gasteiger partial charge on any atom is 0.328 e. The number of ether oxygens (including phenoxy) is 1. The standard InChI is InChI=1S/C17H15BrO3/c1-12(13-6-3-2-4-7-13)21-17-14(10-11-16(19)20)8-5-9-15(17)18/h2-12H,1H3,(H,19,20). The molecule has 1 atom stereocenters. The predicted molar refractivity (Wildman–Crippen MR) is 86.3 cm³/mol. The fourth-order valence-corrected chi connectivity index (χ4v) is 2.39. The molecule has 0 amide bonds. The van der Waals surface area contributed by atoms with E-state index in [9.17, 15) is 4.79 Å². The summed E-state index contributed by atoms with van der Waals surface area (Å²) in [7, 11) is 0. The summed E-state index contributed by atoms with van der Waals surface area (Å²) in [6.45, 7) is 1.96. The van der Waals surface area contributed by atoms with Crippen molar-refractivity contribution in [2.75, 3.05) is 0 Å². The number of benzene rings is 2. The molecule has 0 spiro atoms. The molecule has 0 heterocycles. The highest BCUT2D eigenvalue weighted by Gasteiger charge is 2.12. The number of rotatable bonds is 5. The average molecular weight is 347 g/mol. The van der Waals surface area contributed by atoms with E-state index >= 15 is 0 Å². The zero-order valence-corrected chi connectivity index (χ0v) is 13.1. The first-order valence-corrected chi connectivity index (χ1v) is 7.28. The third kappa shape index (κ3) is 4.20. The van der Waals surface area contributed by atoms with E-state index in [1.165, 1.54) is 6.08 Å². The van der Waals surface area contributed by atoms with Crippen LogP contribution >= 0.6 is 15.9 Å². The lowest BCUT2D eigenvalue weighted by Gasteiger charge is -2.18. The third-order valence-corrected chi connectivity index (χ3v) is 3.59. The molecular weight excluding hydrogens is 332 g/mol. The third-order valence-electron chi connectivity index (χ3n) is 2.97. The van der Waals surface area contributed by atoms with E-state index in [0.29, 0.717) is 5.75 Å². The van der Waals surface area contributed by atoms with Crippen LogP contribution in [-0.2, 0) is 4.79 Å². The summed E-state index contributed by atoms with van der Waals surface area (Å²) in [5, 5.41) is 8.76. The smallest absolute Gasteiger partial charge is 0.328 e. The zero-order chi connectivity index (χ0) is 15.2. The maximum atomic E-state index is 10.7. The van der Waals surface area contributed by atoms with E-state index in [4.69, 9.17) is 9.84 Å². The molecule has 21 heavy (non-hydrogen) atoms. The number of carboxylic acids is 1. The molecule has 0 aromatic heterocycles. The monoisotopic (exact) mass is 346 g/mol. The fraction of sp³-hybridized carbons (Fsp3) is 0.118. The van der Waals surface area contributed by atoms with Crippen molar-refractivity contribution in [3.8, 4) is 5.75 Å². The Hall–Kier alpha value is -2.07. The van der Waals surface area contributed by atoms with Crippen molar-refractivity contribution < 1.29 is 14.6 Å². The Morgan fingerprint density at radius 2 is 1.90 bits per heavy atom. The Kier molecular flexibility index (Phi) is 5.17. The Labute approximate surface area is 132 Å². The molecule has 0 bridgehead atoms.